The minimum Gasteiger partial charge on any atom is -0.488 e. The fourth-order valence-corrected chi connectivity index (χ4v) is 3.66. The van der Waals surface area contributed by atoms with Gasteiger partial charge in [-0.25, -0.2) is 0 Å². The third-order valence-electron chi connectivity index (χ3n) is 5.84. The fourth-order valence-electron chi connectivity index (χ4n) is 3.66. The van der Waals surface area contributed by atoms with Crippen molar-refractivity contribution in [3.05, 3.63) is 23.5 Å². The van der Waals surface area contributed by atoms with Crippen molar-refractivity contribution in [2.45, 2.75) is 100 Å². The lowest BCUT2D eigenvalue weighted by atomic mass is 9.63. The van der Waals surface area contributed by atoms with Crippen LogP contribution in [-0.4, -0.2) is 5.60 Å². The maximum absolute atomic E-state index is 6.40. The summed E-state index contributed by atoms with van der Waals surface area (Å²) >= 11 is 0. The summed E-state index contributed by atoms with van der Waals surface area (Å²) in [5.74, 6) is 1.73. The Morgan fingerprint density at radius 1 is 1.04 bits per heavy atom. The second kappa shape index (κ2) is 7.45. The molecule has 0 saturated carbocycles. The summed E-state index contributed by atoms with van der Waals surface area (Å²) in [5.41, 5.74) is 2.12. The zero-order valence-corrected chi connectivity index (χ0v) is 17.2. The minimum absolute atomic E-state index is 0.0386. The fraction of sp³-hybridized carbons (Fsp3) is 0.818. The summed E-state index contributed by atoms with van der Waals surface area (Å²) in [6, 6.07) is 0. The highest BCUT2D eigenvalue weighted by molar-refractivity contribution is 5.29. The van der Waals surface area contributed by atoms with Gasteiger partial charge in [-0.15, -0.1) is 0 Å². The topological polar surface area (TPSA) is 9.23 Å². The predicted octanol–water partition coefficient (Wildman–Crippen LogP) is 7.28. The van der Waals surface area contributed by atoms with Crippen molar-refractivity contribution >= 4 is 0 Å². The monoisotopic (exact) mass is 320 g/mol. The molecule has 0 amide bonds. The van der Waals surface area contributed by atoms with Crippen LogP contribution in [0.2, 0.25) is 0 Å². The van der Waals surface area contributed by atoms with Gasteiger partial charge >= 0.3 is 0 Å². The molecule has 0 radical (unpaired) electrons. The number of hydrogen-bond acceptors (Lipinski definition) is 1. The van der Waals surface area contributed by atoms with Crippen LogP contribution in [0.15, 0.2) is 23.5 Å². The van der Waals surface area contributed by atoms with Crippen molar-refractivity contribution in [2.75, 3.05) is 0 Å². The van der Waals surface area contributed by atoms with Gasteiger partial charge in [-0.05, 0) is 67.9 Å². The molecule has 1 atom stereocenters. The largest absolute Gasteiger partial charge is 0.488 e. The van der Waals surface area contributed by atoms with Gasteiger partial charge in [-0.3, -0.25) is 0 Å². The molecule has 0 N–H and O–H groups in total. The van der Waals surface area contributed by atoms with E-state index in [0.29, 0.717) is 11.3 Å². The highest BCUT2D eigenvalue weighted by Gasteiger charge is 2.37. The molecule has 0 spiro atoms. The number of allylic oxidation sites excluding steroid dienone is 3. The van der Waals surface area contributed by atoms with Crippen LogP contribution < -0.4 is 0 Å². The molecule has 1 unspecified atom stereocenters. The lowest BCUT2D eigenvalue weighted by Gasteiger charge is -2.42. The molecule has 1 aliphatic rings. The third kappa shape index (κ3) is 5.40. The van der Waals surface area contributed by atoms with E-state index in [0.717, 1.165) is 25.0 Å². The molecule has 0 aliphatic heterocycles. The van der Waals surface area contributed by atoms with Crippen LogP contribution in [0.25, 0.3) is 0 Å². The summed E-state index contributed by atoms with van der Waals surface area (Å²) in [4.78, 5) is 0. The van der Waals surface area contributed by atoms with Crippen molar-refractivity contribution < 1.29 is 4.74 Å². The summed E-state index contributed by atoms with van der Waals surface area (Å²) in [5, 5.41) is 0. The summed E-state index contributed by atoms with van der Waals surface area (Å²) < 4.78 is 6.40. The van der Waals surface area contributed by atoms with Crippen molar-refractivity contribution in [3.8, 4) is 0 Å². The van der Waals surface area contributed by atoms with Crippen LogP contribution in [0.4, 0.5) is 0 Å². The smallest absolute Gasteiger partial charge is 0.116 e. The first-order valence-corrected chi connectivity index (χ1v) is 9.56. The minimum atomic E-state index is -0.0386. The van der Waals surface area contributed by atoms with E-state index < -0.39 is 0 Å². The number of hydrogen-bond donors (Lipinski definition) is 0. The molecule has 0 fully saturated rings. The molecule has 134 valence electrons. The quantitative estimate of drug-likeness (QED) is 0.478. The number of rotatable bonds is 7. The van der Waals surface area contributed by atoms with E-state index in [1.165, 1.54) is 12.8 Å². The first kappa shape index (κ1) is 20.3. The van der Waals surface area contributed by atoms with Crippen molar-refractivity contribution in [1.82, 2.24) is 0 Å². The van der Waals surface area contributed by atoms with Gasteiger partial charge in [0.05, 0.1) is 0 Å². The summed E-state index contributed by atoms with van der Waals surface area (Å²) in [7, 11) is 0. The van der Waals surface area contributed by atoms with Gasteiger partial charge in [-0.1, -0.05) is 61.0 Å². The standard InChI is InChI=1S/C22H40O/c1-10-21(8,11-2)23-19-14-12-13-18(15-19)22(9,17(3)4)16-20(5,6)7/h14-15,17H,10-13,16H2,1-9H3. The molecule has 0 saturated heterocycles. The maximum Gasteiger partial charge on any atom is 0.116 e. The van der Waals surface area contributed by atoms with E-state index in [2.05, 4.69) is 74.5 Å². The molecule has 1 rings (SSSR count). The van der Waals surface area contributed by atoms with Crippen LogP contribution >= 0.6 is 0 Å². The lowest BCUT2D eigenvalue weighted by Crippen LogP contribution is -2.32. The Kier molecular flexibility index (Phi) is 6.58. The van der Waals surface area contributed by atoms with Crippen LogP contribution in [0.5, 0.6) is 0 Å². The van der Waals surface area contributed by atoms with Crippen LogP contribution in [-0.2, 0) is 4.74 Å². The third-order valence-corrected chi connectivity index (χ3v) is 5.84. The van der Waals surface area contributed by atoms with Crippen molar-refractivity contribution in [3.63, 3.8) is 0 Å². The van der Waals surface area contributed by atoms with Gasteiger partial charge in [0.15, 0.2) is 0 Å². The molecular formula is C22H40O. The molecule has 0 heterocycles. The molecule has 0 aromatic carbocycles. The molecular weight excluding hydrogens is 280 g/mol. The van der Waals surface area contributed by atoms with Crippen LogP contribution in [0.1, 0.15) is 94.4 Å². The van der Waals surface area contributed by atoms with Crippen LogP contribution in [0.3, 0.4) is 0 Å². The zero-order chi connectivity index (χ0) is 17.9. The predicted molar refractivity (Wildman–Crippen MR) is 102 cm³/mol. The van der Waals surface area contributed by atoms with E-state index in [-0.39, 0.29) is 11.0 Å². The average molecular weight is 321 g/mol. The Balaban J connectivity index is 3.08. The Morgan fingerprint density at radius 2 is 1.61 bits per heavy atom. The van der Waals surface area contributed by atoms with Gasteiger partial charge in [0, 0.05) is 0 Å². The summed E-state index contributed by atoms with van der Waals surface area (Å²) in [6.45, 7) is 20.9. The van der Waals surface area contributed by atoms with E-state index >= 15 is 0 Å². The van der Waals surface area contributed by atoms with Gasteiger partial charge in [0.1, 0.15) is 11.4 Å². The maximum atomic E-state index is 6.40. The first-order valence-electron chi connectivity index (χ1n) is 9.56. The van der Waals surface area contributed by atoms with Crippen molar-refractivity contribution in [2.24, 2.45) is 16.7 Å². The Labute approximate surface area is 145 Å². The van der Waals surface area contributed by atoms with Gasteiger partial charge in [0.25, 0.3) is 0 Å². The zero-order valence-electron chi connectivity index (χ0n) is 17.2. The Bertz CT molecular complexity index is 443. The average Bonchev–Trinajstić information content (AvgIpc) is 2.45. The second-order valence-electron chi connectivity index (χ2n) is 9.38. The first-order chi connectivity index (χ1) is 10.5. The molecule has 1 aliphatic carbocycles. The Morgan fingerprint density at radius 3 is 2.04 bits per heavy atom. The summed E-state index contributed by atoms with van der Waals surface area (Å²) in [6.07, 6.45) is 10.2. The molecule has 1 heteroatoms. The highest BCUT2D eigenvalue weighted by Crippen LogP contribution is 2.48. The molecule has 0 bridgehead atoms. The van der Waals surface area contributed by atoms with E-state index in [4.69, 9.17) is 4.74 Å². The van der Waals surface area contributed by atoms with Crippen molar-refractivity contribution in [1.29, 1.82) is 0 Å². The van der Waals surface area contributed by atoms with Gasteiger partial charge in [-0.2, -0.15) is 0 Å². The van der Waals surface area contributed by atoms with Gasteiger partial charge < -0.3 is 4.74 Å². The molecule has 0 aromatic rings. The molecule has 23 heavy (non-hydrogen) atoms. The highest BCUT2D eigenvalue weighted by atomic mass is 16.5. The number of ether oxygens (including phenoxy) is 1. The molecule has 0 aromatic heterocycles. The Hall–Kier alpha value is -0.720. The lowest BCUT2D eigenvalue weighted by molar-refractivity contribution is 0.0161. The SMILES string of the molecule is CCC(C)(CC)OC1=CCCC(C(C)(CC(C)(C)C)C(C)C)=C1. The normalized spacial score (nSPS) is 19.2. The second-order valence-corrected chi connectivity index (χ2v) is 9.38. The van der Waals surface area contributed by atoms with E-state index in [9.17, 15) is 0 Å². The molecule has 1 nitrogen and oxygen atoms in total. The van der Waals surface area contributed by atoms with Gasteiger partial charge in [0.2, 0.25) is 0 Å². The van der Waals surface area contributed by atoms with E-state index in [1.54, 1.807) is 5.57 Å². The van der Waals surface area contributed by atoms with Crippen LogP contribution in [0, 0.1) is 16.7 Å². The van der Waals surface area contributed by atoms with E-state index in [1.807, 2.05) is 0 Å².